The largest absolute Gasteiger partial charge is 0.286 e. The van der Waals surface area contributed by atoms with Crippen LogP contribution < -0.4 is 10.3 Å². The van der Waals surface area contributed by atoms with E-state index in [-0.39, 0.29) is 0 Å². The van der Waals surface area contributed by atoms with Gasteiger partial charge in [0.05, 0.1) is 0 Å². The first-order valence-electron chi connectivity index (χ1n) is 0.964. The van der Waals surface area contributed by atoms with E-state index in [1.807, 2.05) is 0 Å². The second-order valence-electron chi connectivity index (χ2n) is 0.665. The molecule has 0 spiro atoms. The molecule has 0 aliphatic rings. The molecule has 0 fully saturated rings. The molecule has 0 saturated heterocycles. The van der Waals surface area contributed by atoms with Crippen LogP contribution in [0.25, 0.3) is 0 Å². The molecule has 0 aliphatic carbocycles. The summed E-state index contributed by atoms with van der Waals surface area (Å²) < 4.78 is 0. The quantitative estimate of drug-likeness (QED) is 0.339. The fraction of sp³-hybridized carbons (Fsp3) is 1.00. The summed E-state index contributed by atoms with van der Waals surface area (Å²) in [7, 11) is 0. The van der Waals surface area contributed by atoms with E-state index < -0.39 is 11.3 Å². The van der Waals surface area contributed by atoms with Crippen molar-refractivity contribution in [2.75, 3.05) is 6.26 Å². The Kier molecular flexibility index (Phi) is 1.68. The number of hydrogen-bond acceptors (Lipinski definition) is 2. The van der Waals surface area contributed by atoms with Gasteiger partial charge in [-0.2, -0.15) is 11.3 Å². The maximum Gasteiger partial charge on any atom is -0.0133 e. The lowest BCUT2D eigenvalue weighted by atomic mass is 12.0. The van der Waals surface area contributed by atoms with Crippen LogP contribution in [-0.2, 0) is 0 Å². The van der Waals surface area contributed by atoms with Gasteiger partial charge in [-0.15, -0.1) is 0 Å². The summed E-state index contributed by atoms with van der Waals surface area (Å²) in [5.74, 6) is 0. The van der Waals surface area contributed by atoms with Gasteiger partial charge in [-0.1, -0.05) is 0 Å². The normalized spacial score (nSPS) is 11.2. The third-order valence-corrected chi connectivity index (χ3v) is 0. The molecule has 4 N–H and O–H groups in total. The highest BCUT2D eigenvalue weighted by Crippen LogP contribution is 1.84. The zero-order valence-corrected chi connectivity index (χ0v) is 3.50. The molecule has 0 radical (unpaired) electrons. The monoisotopic (exact) mass is 80.0 g/mol. The molecule has 0 aliphatic heterocycles. The van der Waals surface area contributed by atoms with Crippen molar-refractivity contribution >= 4 is 11.3 Å². The number of rotatable bonds is 0. The van der Waals surface area contributed by atoms with Crippen LogP contribution in [0.5, 0.6) is 0 Å². The number of hydrogen-bond donors (Lipinski definition) is 3. The second-order valence-corrected chi connectivity index (χ2v) is 2.00. The van der Waals surface area contributed by atoms with E-state index in [0.717, 1.165) is 0 Å². The van der Waals surface area contributed by atoms with Gasteiger partial charge >= 0.3 is 0 Å². The maximum absolute atomic E-state index is 4.95. The van der Waals surface area contributed by atoms with E-state index in [1.54, 1.807) is 6.26 Å². The van der Waals surface area contributed by atoms with Crippen LogP contribution in [0.15, 0.2) is 0 Å². The Balaban J connectivity index is 2.32. The van der Waals surface area contributed by atoms with Gasteiger partial charge in [-0.05, 0) is 6.26 Å². The van der Waals surface area contributed by atoms with Gasteiger partial charge in [0.25, 0.3) is 0 Å². The van der Waals surface area contributed by atoms with Gasteiger partial charge in [-0.3, -0.25) is 10.3 Å². The van der Waals surface area contributed by atoms with E-state index in [0.29, 0.717) is 0 Å². The van der Waals surface area contributed by atoms with Crippen LogP contribution in [0.1, 0.15) is 0 Å². The van der Waals surface area contributed by atoms with E-state index in [4.69, 9.17) is 10.3 Å². The van der Waals surface area contributed by atoms with E-state index in [2.05, 4.69) is 0 Å². The first-order chi connectivity index (χ1) is 1.73. The molecule has 3 heteroatoms. The smallest absolute Gasteiger partial charge is 0.0133 e. The molecular formula is CH8N2S. The molecule has 4 heavy (non-hydrogen) atoms. The molecular weight excluding hydrogens is 72.1 g/mol. The van der Waals surface area contributed by atoms with Crippen LogP contribution in [0, 0.1) is 0 Å². The molecule has 0 amide bonds. The zero-order valence-electron chi connectivity index (χ0n) is 2.60. The Morgan fingerprint density at radius 3 is 1.50 bits per heavy atom. The molecule has 0 bridgehead atoms. The highest BCUT2D eigenvalue weighted by molar-refractivity contribution is 8.12. The molecule has 0 unspecified atom stereocenters. The van der Waals surface area contributed by atoms with E-state index >= 15 is 0 Å². The van der Waals surface area contributed by atoms with Crippen molar-refractivity contribution in [3.63, 3.8) is 0 Å². The van der Waals surface area contributed by atoms with E-state index in [1.165, 1.54) is 0 Å². The molecule has 0 rings (SSSR count). The number of nitrogens with two attached hydrogens (primary N) is 2. The van der Waals surface area contributed by atoms with E-state index in [9.17, 15) is 0 Å². The molecule has 0 saturated carbocycles. The lowest BCUT2D eigenvalue weighted by Gasteiger charge is -1.91. The summed E-state index contributed by atoms with van der Waals surface area (Å²) in [6.07, 6.45) is 1.79. The third-order valence-electron chi connectivity index (χ3n) is 0. The minimum Gasteiger partial charge on any atom is -0.286 e. The van der Waals surface area contributed by atoms with Crippen molar-refractivity contribution < 1.29 is 0 Å². The second kappa shape index (κ2) is 1.58. The van der Waals surface area contributed by atoms with Crippen molar-refractivity contribution in [1.29, 1.82) is 0 Å². The van der Waals surface area contributed by atoms with Gasteiger partial charge in [0.2, 0.25) is 0 Å². The van der Waals surface area contributed by atoms with Crippen molar-refractivity contribution in [1.82, 2.24) is 0 Å². The summed E-state index contributed by atoms with van der Waals surface area (Å²) in [5.41, 5.74) is 0. The SMILES string of the molecule is C[SH](N)N. The predicted octanol–water partition coefficient (Wildman–Crippen LogP) is -0.635. The fourth-order valence-electron chi connectivity index (χ4n) is 0. The molecule has 0 atom stereocenters. The minimum atomic E-state index is -0.620. The lowest BCUT2D eigenvalue weighted by Crippen LogP contribution is -1.98. The Morgan fingerprint density at radius 1 is 1.50 bits per heavy atom. The Bertz CT molecular complexity index is 10.8. The molecule has 0 aromatic carbocycles. The first kappa shape index (κ1) is 4.27. The molecule has 0 aromatic rings. The van der Waals surface area contributed by atoms with Crippen molar-refractivity contribution in [2.24, 2.45) is 10.3 Å². The lowest BCUT2D eigenvalue weighted by molar-refractivity contribution is 1.84. The van der Waals surface area contributed by atoms with Gasteiger partial charge in [0.1, 0.15) is 0 Å². The molecule has 28 valence electrons. The van der Waals surface area contributed by atoms with Crippen molar-refractivity contribution in [3.05, 3.63) is 0 Å². The molecule has 0 aromatic heterocycles. The van der Waals surface area contributed by atoms with Crippen LogP contribution in [0.3, 0.4) is 0 Å². The third kappa shape index (κ3) is 50.2. The van der Waals surface area contributed by atoms with Gasteiger partial charge in [-0.25, -0.2) is 0 Å². The molecule has 2 nitrogen and oxygen atoms in total. The van der Waals surface area contributed by atoms with Crippen molar-refractivity contribution in [3.8, 4) is 0 Å². The van der Waals surface area contributed by atoms with Gasteiger partial charge in [0, 0.05) is 0 Å². The number of thiol groups is 1. The summed E-state index contributed by atoms with van der Waals surface area (Å²) >= 11 is -0.620. The first-order valence-corrected chi connectivity index (χ1v) is 2.89. The predicted molar refractivity (Wildman–Crippen MR) is 23.3 cm³/mol. The van der Waals surface area contributed by atoms with Gasteiger partial charge < -0.3 is 0 Å². The van der Waals surface area contributed by atoms with Crippen LogP contribution in [0.4, 0.5) is 0 Å². The minimum absolute atomic E-state index is 0.620. The maximum atomic E-state index is 4.95. The average molecular weight is 80.2 g/mol. The Morgan fingerprint density at radius 2 is 1.50 bits per heavy atom. The average Bonchev–Trinajstić information content (AvgIpc) is 0.811. The summed E-state index contributed by atoms with van der Waals surface area (Å²) in [4.78, 5) is 0. The topological polar surface area (TPSA) is 52.0 Å². The standard InChI is InChI=1S/CH8N2S/c1-4(2)3/h4H,2-3H2,1H3. The Labute approximate surface area is 28.8 Å². The van der Waals surface area contributed by atoms with Crippen LogP contribution in [0.2, 0.25) is 0 Å². The van der Waals surface area contributed by atoms with Crippen molar-refractivity contribution in [2.45, 2.75) is 0 Å². The van der Waals surface area contributed by atoms with Crippen LogP contribution >= 0.6 is 11.3 Å². The molecule has 0 heterocycles. The summed E-state index contributed by atoms with van der Waals surface area (Å²) in [6.45, 7) is 0. The zero-order chi connectivity index (χ0) is 3.58. The fourth-order valence-corrected chi connectivity index (χ4v) is 0. The van der Waals surface area contributed by atoms with Gasteiger partial charge in [0.15, 0.2) is 0 Å². The van der Waals surface area contributed by atoms with Crippen LogP contribution in [-0.4, -0.2) is 6.26 Å². The Hall–Kier alpha value is 0.270. The highest BCUT2D eigenvalue weighted by Gasteiger charge is 1.56. The summed E-state index contributed by atoms with van der Waals surface area (Å²) in [5, 5.41) is 9.91. The highest BCUT2D eigenvalue weighted by atomic mass is 32.2. The summed E-state index contributed by atoms with van der Waals surface area (Å²) in [6, 6.07) is 0.